The molecule has 5 heteroatoms. The third kappa shape index (κ3) is 8.09. The molecule has 0 heterocycles. The predicted molar refractivity (Wildman–Crippen MR) is 85.5 cm³/mol. The van der Waals surface area contributed by atoms with E-state index in [-0.39, 0.29) is 6.42 Å². The number of hydrogen-bond donors (Lipinski definition) is 2. The van der Waals surface area contributed by atoms with Gasteiger partial charge >= 0.3 is 12.1 Å². The standard InChI is InChI=1S/C17H23NO4/c1-17(2,3)22-16(21)18-14(12-15(19)20)11-7-10-13-8-5-4-6-9-13/h4-10,14H,11-12H2,1-3H3,(H,18,21)(H,19,20)/t14-/m1/s1. The topological polar surface area (TPSA) is 75.6 Å². The Hall–Kier alpha value is -2.30. The fraction of sp³-hybridized carbons (Fsp3) is 0.412. The number of carboxylic acid groups (broad SMARTS) is 1. The molecule has 0 fully saturated rings. The van der Waals surface area contributed by atoms with Gasteiger partial charge in [-0.1, -0.05) is 42.5 Å². The summed E-state index contributed by atoms with van der Waals surface area (Å²) in [5.41, 5.74) is 0.409. The van der Waals surface area contributed by atoms with Crippen molar-refractivity contribution in [1.29, 1.82) is 0 Å². The molecule has 0 aliphatic heterocycles. The Bertz CT molecular complexity index is 517. The van der Waals surface area contributed by atoms with Gasteiger partial charge in [-0.15, -0.1) is 0 Å². The smallest absolute Gasteiger partial charge is 0.407 e. The van der Waals surface area contributed by atoms with Crippen LogP contribution in [-0.2, 0) is 9.53 Å². The van der Waals surface area contributed by atoms with Gasteiger partial charge in [0.1, 0.15) is 5.60 Å². The zero-order chi connectivity index (χ0) is 16.6. The first kappa shape index (κ1) is 17.8. The number of carboxylic acids is 1. The average Bonchev–Trinajstić information content (AvgIpc) is 2.36. The van der Waals surface area contributed by atoms with E-state index in [1.807, 2.05) is 42.5 Å². The molecule has 0 saturated carbocycles. The highest BCUT2D eigenvalue weighted by Crippen LogP contribution is 2.09. The van der Waals surface area contributed by atoms with Crippen molar-refractivity contribution in [1.82, 2.24) is 5.32 Å². The van der Waals surface area contributed by atoms with E-state index in [2.05, 4.69) is 5.32 Å². The van der Waals surface area contributed by atoms with E-state index in [9.17, 15) is 9.59 Å². The van der Waals surface area contributed by atoms with Crippen molar-refractivity contribution in [2.75, 3.05) is 0 Å². The summed E-state index contributed by atoms with van der Waals surface area (Å²) < 4.78 is 5.15. The monoisotopic (exact) mass is 305 g/mol. The van der Waals surface area contributed by atoms with Crippen LogP contribution < -0.4 is 5.32 Å². The van der Waals surface area contributed by atoms with Gasteiger partial charge in [0, 0.05) is 6.04 Å². The van der Waals surface area contributed by atoms with E-state index < -0.39 is 23.7 Å². The maximum Gasteiger partial charge on any atom is 0.407 e. The minimum Gasteiger partial charge on any atom is -0.481 e. The summed E-state index contributed by atoms with van der Waals surface area (Å²) in [7, 11) is 0. The molecule has 1 aromatic carbocycles. The Balaban J connectivity index is 2.59. The lowest BCUT2D eigenvalue weighted by atomic mass is 10.1. The molecule has 0 radical (unpaired) electrons. The Kier molecular flexibility index (Phi) is 6.63. The van der Waals surface area contributed by atoms with Gasteiger partial charge in [-0.3, -0.25) is 4.79 Å². The quantitative estimate of drug-likeness (QED) is 0.844. The van der Waals surface area contributed by atoms with Crippen LogP contribution in [0.4, 0.5) is 4.79 Å². The van der Waals surface area contributed by atoms with Crippen molar-refractivity contribution in [3.63, 3.8) is 0 Å². The molecule has 22 heavy (non-hydrogen) atoms. The van der Waals surface area contributed by atoms with E-state index in [0.717, 1.165) is 5.56 Å². The van der Waals surface area contributed by atoms with Crippen molar-refractivity contribution in [3.8, 4) is 0 Å². The zero-order valence-corrected chi connectivity index (χ0v) is 13.2. The summed E-state index contributed by atoms with van der Waals surface area (Å²) in [5.74, 6) is -0.964. The number of alkyl carbamates (subject to hydrolysis) is 1. The Morgan fingerprint density at radius 1 is 1.27 bits per heavy atom. The number of ether oxygens (including phenoxy) is 1. The molecule has 1 aromatic rings. The molecule has 1 amide bonds. The highest BCUT2D eigenvalue weighted by molar-refractivity contribution is 5.71. The van der Waals surface area contributed by atoms with Gasteiger partial charge < -0.3 is 15.2 Å². The molecule has 0 aliphatic carbocycles. The second kappa shape index (κ2) is 8.22. The first-order valence-corrected chi connectivity index (χ1v) is 7.19. The molecular formula is C17H23NO4. The van der Waals surface area contributed by atoms with Crippen LogP contribution in [0.3, 0.4) is 0 Å². The van der Waals surface area contributed by atoms with Gasteiger partial charge in [0.05, 0.1) is 6.42 Å². The maximum absolute atomic E-state index is 11.7. The molecule has 0 aliphatic rings. The number of nitrogens with one attached hydrogen (secondary N) is 1. The normalized spacial score (nSPS) is 12.9. The number of benzene rings is 1. The fourth-order valence-electron chi connectivity index (χ4n) is 1.81. The summed E-state index contributed by atoms with van der Waals surface area (Å²) in [6.07, 6.45) is 3.40. The molecule has 1 atom stereocenters. The minimum atomic E-state index is -0.964. The Morgan fingerprint density at radius 2 is 1.91 bits per heavy atom. The average molecular weight is 305 g/mol. The van der Waals surface area contributed by atoms with Gasteiger partial charge in [0.15, 0.2) is 0 Å². The van der Waals surface area contributed by atoms with E-state index >= 15 is 0 Å². The molecule has 5 nitrogen and oxygen atoms in total. The van der Waals surface area contributed by atoms with E-state index in [0.29, 0.717) is 6.42 Å². The van der Waals surface area contributed by atoms with Crippen LogP contribution in [-0.4, -0.2) is 28.8 Å². The van der Waals surface area contributed by atoms with E-state index in [1.165, 1.54) is 0 Å². The molecule has 0 bridgehead atoms. The molecule has 1 rings (SSSR count). The van der Waals surface area contributed by atoms with Crippen LogP contribution in [0, 0.1) is 0 Å². The summed E-state index contributed by atoms with van der Waals surface area (Å²) >= 11 is 0. The lowest BCUT2D eigenvalue weighted by Crippen LogP contribution is -2.40. The number of rotatable bonds is 6. The van der Waals surface area contributed by atoms with Crippen molar-refractivity contribution in [3.05, 3.63) is 42.0 Å². The van der Waals surface area contributed by atoms with Crippen LogP contribution >= 0.6 is 0 Å². The van der Waals surface area contributed by atoms with E-state index in [1.54, 1.807) is 20.8 Å². The van der Waals surface area contributed by atoms with Crippen LogP contribution in [0.1, 0.15) is 39.2 Å². The molecular weight excluding hydrogens is 282 g/mol. The van der Waals surface area contributed by atoms with E-state index in [4.69, 9.17) is 9.84 Å². The second-order valence-electron chi connectivity index (χ2n) is 5.99. The Labute approximate surface area is 131 Å². The highest BCUT2D eigenvalue weighted by atomic mass is 16.6. The third-order valence-corrected chi connectivity index (χ3v) is 2.67. The van der Waals surface area contributed by atoms with Crippen LogP contribution in [0.15, 0.2) is 36.4 Å². The first-order valence-electron chi connectivity index (χ1n) is 7.19. The molecule has 0 unspecified atom stereocenters. The van der Waals surface area contributed by atoms with Crippen LogP contribution in [0.5, 0.6) is 0 Å². The fourth-order valence-corrected chi connectivity index (χ4v) is 1.81. The SMILES string of the molecule is CC(C)(C)OC(=O)N[C@H](CC=Cc1ccccc1)CC(=O)O. The van der Waals surface area contributed by atoms with Crippen molar-refractivity contribution in [2.45, 2.75) is 45.3 Å². The van der Waals surface area contributed by atoms with Gasteiger partial charge in [0.25, 0.3) is 0 Å². The maximum atomic E-state index is 11.7. The van der Waals surface area contributed by atoms with Gasteiger partial charge in [-0.05, 0) is 32.8 Å². The van der Waals surface area contributed by atoms with Crippen LogP contribution in [0.25, 0.3) is 6.08 Å². The van der Waals surface area contributed by atoms with Crippen molar-refractivity contribution in [2.24, 2.45) is 0 Å². The lowest BCUT2D eigenvalue weighted by molar-refractivity contribution is -0.137. The third-order valence-electron chi connectivity index (χ3n) is 2.67. The first-order chi connectivity index (χ1) is 10.3. The number of carbonyl (C=O) groups excluding carboxylic acids is 1. The largest absolute Gasteiger partial charge is 0.481 e. The predicted octanol–water partition coefficient (Wildman–Crippen LogP) is 3.46. The molecule has 2 N–H and O–H groups in total. The van der Waals surface area contributed by atoms with Gasteiger partial charge in [0.2, 0.25) is 0 Å². The summed E-state index contributed by atoms with van der Waals surface area (Å²) in [6, 6.07) is 9.16. The number of aliphatic carboxylic acids is 1. The number of carbonyl (C=O) groups is 2. The van der Waals surface area contributed by atoms with Crippen LogP contribution in [0.2, 0.25) is 0 Å². The second-order valence-corrected chi connectivity index (χ2v) is 5.99. The van der Waals surface area contributed by atoms with Crippen molar-refractivity contribution < 1.29 is 19.4 Å². The molecule has 0 spiro atoms. The number of hydrogen-bond acceptors (Lipinski definition) is 3. The van der Waals surface area contributed by atoms with Gasteiger partial charge in [-0.2, -0.15) is 0 Å². The highest BCUT2D eigenvalue weighted by Gasteiger charge is 2.20. The Morgan fingerprint density at radius 3 is 2.45 bits per heavy atom. The zero-order valence-electron chi connectivity index (χ0n) is 13.2. The van der Waals surface area contributed by atoms with Gasteiger partial charge in [-0.25, -0.2) is 4.79 Å². The van der Waals surface area contributed by atoms with Crippen molar-refractivity contribution >= 4 is 18.1 Å². The lowest BCUT2D eigenvalue weighted by Gasteiger charge is -2.22. The molecule has 0 saturated heterocycles. The number of amides is 1. The molecule has 0 aromatic heterocycles. The summed E-state index contributed by atoms with van der Waals surface area (Å²) in [4.78, 5) is 22.6. The summed E-state index contributed by atoms with van der Waals surface area (Å²) in [5, 5.41) is 11.5. The minimum absolute atomic E-state index is 0.154. The molecule has 120 valence electrons. The summed E-state index contributed by atoms with van der Waals surface area (Å²) in [6.45, 7) is 5.27.